The minimum absolute atomic E-state index is 0.0281. The number of rotatable bonds is 9. The Balaban J connectivity index is 3.81. The van der Waals surface area contributed by atoms with Crippen LogP contribution in [0.2, 0.25) is 0 Å². The number of hydrogen-bond acceptors (Lipinski definition) is 4. The first-order chi connectivity index (χ1) is 7.02. The summed E-state index contributed by atoms with van der Waals surface area (Å²) in [4.78, 5) is 0. The molecule has 0 aromatic heterocycles. The normalized spacial score (nSPS) is 14.1. The highest BCUT2D eigenvalue weighted by atomic mass is 32.2. The summed E-state index contributed by atoms with van der Waals surface area (Å²) in [6.45, 7) is 2.45. The molecule has 3 N–H and O–H groups in total. The molecule has 0 spiro atoms. The minimum Gasteiger partial charge on any atom is -0.330 e. The van der Waals surface area contributed by atoms with Crippen molar-refractivity contribution in [3.05, 3.63) is 0 Å². The fourth-order valence-electron chi connectivity index (χ4n) is 1.16. The lowest BCUT2D eigenvalue weighted by molar-refractivity contribution is 0.553. The van der Waals surface area contributed by atoms with E-state index in [1.807, 2.05) is 13.2 Å². The van der Waals surface area contributed by atoms with Crippen LogP contribution in [0.15, 0.2) is 0 Å². The summed E-state index contributed by atoms with van der Waals surface area (Å²) in [5.41, 5.74) is 5.31. The molecule has 0 fully saturated rings. The maximum atomic E-state index is 11.5. The van der Waals surface area contributed by atoms with E-state index >= 15 is 0 Å². The van der Waals surface area contributed by atoms with Gasteiger partial charge in [0.1, 0.15) is 0 Å². The summed E-state index contributed by atoms with van der Waals surface area (Å²) in [6.07, 6.45) is 4.29. The molecule has 0 aliphatic carbocycles. The molecule has 0 aromatic carbocycles. The number of sulfonamides is 1. The van der Waals surface area contributed by atoms with Crippen molar-refractivity contribution in [3.8, 4) is 0 Å². The Morgan fingerprint density at radius 2 is 2.07 bits per heavy atom. The van der Waals surface area contributed by atoms with Gasteiger partial charge in [-0.2, -0.15) is 11.8 Å². The maximum Gasteiger partial charge on any atom is 0.211 e. The predicted molar refractivity (Wildman–Crippen MR) is 67.7 cm³/mol. The molecule has 6 heteroatoms. The number of hydrogen-bond donors (Lipinski definition) is 2. The minimum atomic E-state index is -3.10. The van der Waals surface area contributed by atoms with Gasteiger partial charge in [-0.25, -0.2) is 13.1 Å². The zero-order valence-electron chi connectivity index (χ0n) is 9.53. The van der Waals surface area contributed by atoms with E-state index in [2.05, 4.69) is 4.72 Å². The molecule has 0 saturated carbocycles. The summed E-state index contributed by atoms with van der Waals surface area (Å²) in [5.74, 6) is 1.17. The standard InChI is InChI=1S/C9H22N2O2S2/c1-9(5-7-14-2)11-15(12,13)8-4-3-6-10/h9,11H,3-8,10H2,1-2H3. The number of thioether (sulfide) groups is 1. The molecule has 0 aliphatic heterocycles. The first kappa shape index (κ1) is 15.2. The number of nitrogens with two attached hydrogens (primary N) is 1. The molecule has 0 aromatic rings. The molecule has 0 saturated heterocycles. The Morgan fingerprint density at radius 3 is 2.60 bits per heavy atom. The first-order valence-corrected chi connectivity index (χ1v) is 8.25. The van der Waals surface area contributed by atoms with Crippen molar-refractivity contribution < 1.29 is 8.42 Å². The van der Waals surface area contributed by atoms with Crippen LogP contribution in [0.4, 0.5) is 0 Å². The van der Waals surface area contributed by atoms with Gasteiger partial charge in [-0.1, -0.05) is 0 Å². The SMILES string of the molecule is CSCCC(C)NS(=O)(=O)CCCCN. The Bertz CT molecular complexity index is 242. The number of unbranched alkanes of at least 4 members (excludes halogenated alkanes) is 1. The Morgan fingerprint density at radius 1 is 1.40 bits per heavy atom. The van der Waals surface area contributed by atoms with Gasteiger partial charge in [0, 0.05) is 6.04 Å². The fourth-order valence-corrected chi connectivity index (χ4v) is 3.18. The van der Waals surface area contributed by atoms with E-state index in [1.165, 1.54) is 0 Å². The smallest absolute Gasteiger partial charge is 0.211 e. The molecule has 0 heterocycles. The van der Waals surface area contributed by atoms with Crippen LogP contribution in [0.3, 0.4) is 0 Å². The molecule has 0 amide bonds. The molecule has 0 rings (SSSR count). The zero-order valence-corrected chi connectivity index (χ0v) is 11.2. The summed E-state index contributed by atoms with van der Waals surface area (Å²) in [6, 6.07) is 0.0281. The summed E-state index contributed by atoms with van der Waals surface area (Å²) in [7, 11) is -3.10. The van der Waals surface area contributed by atoms with Crippen LogP contribution in [0.1, 0.15) is 26.2 Å². The van der Waals surface area contributed by atoms with Crippen molar-refractivity contribution >= 4 is 21.8 Å². The van der Waals surface area contributed by atoms with Crippen LogP contribution in [-0.2, 0) is 10.0 Å². The van der Waals surface area contributed by atoms with Crippen LogP contribution < -0.4 is 10.5 Å². The lowest BCUT2D eigenvalue weighted by Crippen LogP contribution is -2.34. The van der Waals surface area contributed by atoms with Gasteiger partial charge in [0.2, 0.25) is 10.0 Å². The molecule has 0 bridgehead atoms. The van der Waals surface area contributed by atoms with Gasteiger partial charge < -0.3 is 5.73 Å². The Hall–Kier alpha value is 0.220. The van der Waals surface area contributed by atoms with Crippen molar-refractivity contribution in [1.82, 2.24) is 4.72 Å². The van der Waals surface area contributed by atoms with Crippen molar-refractivity contribution in [2.24, 2.45) is 5.73 Å². The Labute approximate surface area is 97.4 Å². The highest BCUT2D eigenvalue weighted by Crippen LogP contribution is 2.02. The van der Waals surface area contributed by atoms with E-state index in [4.69, 9.17) is 5.73 Å². The van der Waals surface area contributed by atoms with Gasteiger partial charge in [0.25, 0.3) is 0 Å². The number of nitrogens with one attached hydrogen (secondary N) is 1. The molecule has 1 atom stereocenters. The van der Waals surface area contributed by atoms with Gasteiger partial charge in [-0.15, -0.1) is 0 Å². The van der Waals surface area contributed by atoms with Crippen LogP contribution in [0.5, 0.6) is 0 Å². The van der Waals surface area contributed by atoms with Crippen molar-refractivity contribution in [1.29, 1.82) is 0 Å². The lowest BCUT2D eigenvalue weighted by Gasteiger charge is -2.13. The van der Waals surface area contributed by atoms with Gasteiger partial charge in [-0.05, 0) is 44.7 Å². The third kappa shape index (κ3) is 9.17. The average molecular weight is 254 g/mol. The van der Waals surface area contributed by atoms with Crippen molar-refractivity contribution in [2.75, 3.05) is 24.3 Å². The van der Waals surface area contributed by atoms with Crippen LogP contribution in [0.25, 0.3) is 0 Å². The average Bonchev–Trinajstić information content (AvgIpc) is 2.14. The van der Waals surface area contributed by atoms with Gasteiger partial charge in [-0.3, -0.25) is 0 Å². The topological polar surface area (TPSA) is 72.2 Å². The van der Waals surface area contributed by atoms with Gasteiger partial charge in [0.05, 0.1) is 5.75 Å². The lowest BCUT2D eigenvalue weighted by atomic mass is 10.3. The van der Waals surface area contributed by atoms with Crippen LogP contribution in [0, 0.1) is 0 Å². The third-order valence-corrected chi connectivity index (χ3v) is 4.23. The second-order valence-electron chi connectivity index (χ2n) is 3.62. The highest BCUT2D eigenvalue weighted by molar-refractivity contribution is 7.98. The van der Waals surface area contributed by atoms with E-state index in [1.54, 1.807) is 11.8 Å². The fraction of sp³-hybridized carbons (Fsp3) is 1.00. The quantitative estimate of drug-likeness (QED) is 0.597. The van der Waals surface area contributed by atoms with E-state index in [-0.39, 0.29) is 11.8 Å². The van der Waals surface area contributed by atoms with Crippen molar-refractivity contribution in [2.45, 2.75) is 32.2 Å². The predicted octanol–water partition coefficient (Wildman–Crippen LogP) is 0.786. The zero-order chi connectivity index (χ0) is 11.7. The second kappa shape index (κ2) is 8.38. The summed E-state index contributed by atoms with van der Waals surface area (Å²) >= 11 is 1.73. The molecule has 0 aliphatic rings. The van der Waals surface area contributed by atoms with E-state index in [0.717, 1.165) is 18.6 Å². The molecule has 92 valence electrons. The maximum absolute atomic E-state index is 11.5. The monoisotopic (exact) mass is 254 g/mol. The Kier molecular flexibility index (Phi) is 8.50. The third-order valence-electron chi connectivity index (χ3n) is 2.00. The molecule has 15 heavy (non-hydrogen) atoms. The first-order valence-electron chi connectivity index (χ1n) is 5.21. The summed E-state index contributed by atoms with van der Waals surface area (Å²) < 4.78 is 25.7. The van der Waals surface area contributed by atoms with Gasteiger partial charge in [0.15, 0.2) is 0 Å². The summed E-state index contributed by atoms with van der Waals surface area (Å²) in [5, 5.41) is 0. The van der Waals surface area contributed by atoms with E-state index in [0.29, 0.717) is 13.0 Å². The largest absolute Gasteiger partial charge is 0.330 e. The highest BCUT2D eigenvalue weighted by Gasteiger charge is 2.13. The van der Waals surface area contributed by atoms with Crippen LogP contribution in [-0.4, -0.2) is 38.8 Å². The molecule has 0 radical (unpaired) electrons. The van der Waals surface area contributed by atoms with Gasteiger partial charge >= 0.3 is 0 Å². The molecular formula is C9H22N2O2S2. The van der Waals surface area contributed by atoms with E-state index < -0.39 is 10.0 Å². The van der Waals surface area contributed by atoms with Crippen LogP contribution >= 0.6 is 11.8 Å². The molecule has 4 nitrogen and oxygen atoms in total. The van der Waals surface area contributed by atoms with E-state index in [9.17, 15) is 8.42 Å². The molecular weight excluding hydrogens is 232 g/mol. The molecule has 1 unspecified atom stereocenters. The second-order valence-corrected chi connectivity index (χ2v) is 6.47. The van der Waals surface area contributed by atoms with Crippen molar-refractivity contribution in [3.63, 3.8) is 0 Å².